The molecule has 0 unspecified atom stereocenters. The zero-order chi connectivity index (χ0) is 18.6. The number of aromatic nitrogens is 3. The van der Waals surface area contributed by atoms with Gasteiger partial charge in [-0.3, -0.25) is 4.79 Å². The monoisotopic (exact) mass is 398 g/mol. The summed E-state index contributed by atoms with van der Waals surface area (Å²) in [7, 11) is 0. The third-order valence-corrected chi connectivity index (χ3v) is 6.62. The maximum Gasteiger partial charge on any atom is 0.256 e. The molecule has 3 aromatic rings. The Morgan fingerprint density at radius 3 is 2.74 bits per heavy atom. The molecule has 2 heterocycles. The summed E-state index contributed by atoms with van der Waals surface area (Å²) in [6.45, 7) is 2.02. The Labute approximate surface area is 167 Å². The van der Waals surface area contributed by atoms with E-state index in [1.165, 1.54) is 12.8 Å². The van der Waals surface area contributed by atoms with E-state index in [2.05, 4.69) is 20.8 Å². The molecule has 1 N–H and O–H groups in total. The normalized spacial score (nSPS) is 14.6. The molecular weight excluding hydrogens is 376 g/mol. The third-order valence-electron chi connectivity index (χ3n) is 4.75. The van der Waals surface area contributed by atoms with E-state index in [4.69, 9.17) is 0 Å². The van der Waals surface area contributed by atoms with Crippen LogP contribution < -0.4 is 5.32 Å². The van der Waals surface area contributed by atoms with Crippen LogP contribution in [0.2, 0.25) is 0 Å². The molecule has 2 aromatic heterocycles. The van der Waals surface area contributed by atoms with Crippen LogP contribution in [0.5, 0.6) is 0 Å². The number of thioether (sulfide) groups is 1. The fraction of sp³-hybridized carbons (Fsp3) is 0.350. The first-order chi connectivity index (χ1) is 13.2. The summed E-state index contributed by atoms with van der Waals surface area (Å²) in [5, 5.41) is 10.6. The molecule has 140 valence electrons. The van der Waals surface area contributed by atoms with Crippen LogP contribution in [-0.4, -0.2) is 20.7 Å². The predicted molar refractivity (Wildman–Crippen MR) is 111 cm³/mol. The first kappa shape index (κ1) is 18.3. The van der Waals surface area contributed by atoms with E-state index in [1.807, 2.05) is 41.9 Å². The molecule has 0 saturated heterocycles. The molecule has 0 radical (unpaired) electrons. The Morgan fingerprint density at radius 2 is 2.04 bits per heavy atom. The fourth-order valence-corrected chi connectivity index (χ4v) is 4.88. The number of carbonyl (C=O) groups excluding carboxylic acids is 1. The van der Waals surface area contributed by atoms with E-state index in [0.29, 0.717) is 11.6 Å². The van der Waals surface area contributed by atoms with Gasteiger partial charge in [0.05, 0.1) is 22.9 Å². The molecule has 1 saturated carbocycles. The van der Waals surface area contributed by atoms with Gasteiger partial charge in [0.1, 0.15) is 5.82 Å². The molecule has 1 aromatic carbocycles. The number of hydrogen-bond acceptors (Lipinski definition) is 5. The molecule has 1 aliphatic rings. The average molecular weight is 399 g/mol. The summed E-state index contributed by atoms with van der Waals surface area (Å²) >= 11 is 3.40. The predicted octanol–water partition coefficient (Wildman–Crippen LogP) is 5.31. The van der Waals surface area contributed by atoms with Crippen molar-refractivity contribution in [1.82, 2.24) is 14.8 Å². The average Bonchev–Trinajstić information content (AvgIpc) is 3.42. The molecular formula is C20H22N4OS2. The lowest BCUT2D eigenvalue weighted by Crippen LogP contribution is -2.17. The van der Waals surface area contributed by atoms with Crippen LogP contribution in [0.1, 0.15) is 52.8 Å². The van der Waals surface area contributed by atoms with Gasteiger partial charge >= 0.3 is 0 Å². The summed E-state index contributed by atoms with van der Waals surface area (Å²) in [5.41, 5.74) is 1.76. The van der Waals surface area contributed by atoms with Crippen molar-refractivity contribution in [3.63, 3.8) is 0 Å². The quantitative estimate of drug-likeness (QED) is 0.572. The standard InChI is InChI=1S/C20H22N4OS2/c1-14-22-16(12-26-14)13-27-18-8-6-15(7-9-18)20(25)23-19-10-11-21-24(19)17-4-2-3-5-17/h6-12,17H,2-5,13H2,1H3,(H,23,25). The van der Waals surface area contributed by atoms with Gasteiger partial charge in [0.2, 0.25) is 0 Å². The second-order valence-electron chi connectivity index (χ2n) is 6.72. The zero-order valence-corrected chi connectivity index (χ0v) is 16.9. The largest absolute Gasteiger partial charge is 0.307 e. The summed E-state index contributed by atoms with van der Waals surface area (Å²) in [4.78, 5) is 18.2. The van der Waals surface area contributed by atoms with Crippen molar-refractivity contribution in [3.05, 3.63) is 58.2 Å². The Kier molecular flexibility index (Phi) is 5.59. The smallest absolute Gasteiger partial charge is 0.256 e. The number of hydrogen-bond donors (Lipinski definition) is 1. The van der Waals surface area contributed by atoms with Crippen LogP contribution in [0, 0.1) is 6.92 Å². The van der Waals surface area contributed by atoms with Gasteiger partial charge in [-0.1, -0.05) is 12.8 Å². The van der Waals surface area contributed by atoms with Gasteiger partial charge in [0.15, 0.2) is 0 Å². The minimum absolute atomic E-state index is 0.0959. The van der Waals surface area contributed by atoms with Gasteiger partial charge in [0.25, 0.3) is 5.91 Å². The number of aryl methyl sites for hydroxylation is 1. The molecule has 4 rings (SSSR count). The highest BCUT2D eigenvalue weighted by Crippen LogP contribution is 2.31. The Bertz CT molecular complexity index is 910. The number of rotatable bonds is 6. The van der Waals surface area contributed by atoms with Gasteiger partial charge in [-0.15, -0.1) is 23.1 Å². The van der Waals surface area contributed by atoms with Crippen molar-refractivity contribution < 1.29 is 4.79 Å². The lowest BCUT2D eigenvalue weighted by molar-refractivity contribution is 0.102. The van der Waals surface area contributed by atoms with Gasteiger partial charge in [-0.2, -0.15) is 5.10 Å². The van der Waals surface area contributed by atoms with E-state index >= 15 is 0 Å². The number of benzene rings is 1. The van der Waals surface area contributed by atoms with Crippen molar-refractivity contribution >= 4 is 34.8 Å². The van der Waals surface area contributed by atoms with Crippen molar-refractivity contribution in [1.29, 1.82) is 0 Å². The van der Waals surface area contributed by atoms with Gasteiger partial charge in [0, 0.05) is 27.7 Å². The summed E-state index contributed by atoms with van der Waals surface area (Å²) in [6, 6.07) is 10.0. The summed E-state index contributed by atoms with van der Waals surface area (Å²) in [5.74, 6) is 1.53. The van der Waals surface area contributed by atoms with Crippen molar-refractivity contribution in [3.8, 4) is 0 Å². The molecule has 1 fully saturated rings. The first-order valence-electron chi connectivity index (χ1n) is 9.18. The van der Waals surface area contributed by atoms with E-state index in [0.717, 1.165) is 40.0 Å². The Morgan fingerprint density at radius 1 is 1.26 bits per heavy atom. The SMILES string of the molecule is Cc1nc(CSc2ccc(C(=O)Nc3ccnn3C3CCCC3)cc2)cs1. The highest BCUT2D eigenvalue weighted by molar-refractivity contribution is 7.98. The topological polar surface area (TPSA) is 59.8 Å². The maximum atomic E-state index is 12.6. The van der Waals surface area contributed by atoms with Crippen LogP contribution in [0.25, 0.3) is 0 Å². The van der Waals surface area contributed by atoms with Gasteiger partial charge < -0.3 is 5.32 Å². The lowest BCUT2D eigenvalue weighted by atomic mass is 10.2. The molecule has 1 amide bonds. The fourth-order valence-electron chi connectivity index (χ4n) is 3.38. The summed E-state index contributed by atoms with van der Waals surface area (Å²) in [6.07, 6.45) is 6.49. The van der Waals surface area contributed by atoms with Gasteiger partial charge in [-0.25, -0.2) is 9.67 Å². The molecule has 0 atom stereocenters. The van der Waals surface area contributed by atoms with Gasteiger partial charge in [-0.05, 0) is 44.0 Å². The molecule has 0 spiro atoms. The molecule has 0 aliphatic heterocycles. The van der Waals surface area contributed by atoms with E-state index in [1.54, 1.807) is 29.3 Å². The number of nitrogens with one attached hydrogen (secondary N) is 1. The first-order valence-corrected chi connectivity index (χ1v) is 11.0. The second kappa shape index (κ2) is 8.27. The number of anilines is 1. The third kappa shape index (κ3) is 4.42. The number of thiazole rings is 1. The maximum absolute atomic E-state index is 12.6. The highest BCUT2D eigenvalue weighted by Gasteiger charge is 2.20. The Hall–Kier alpha value is -2.12. The van der Waals surface area contributed by atoms with Crippen LogP contribution in [0.15, 0.2) is 46.8 Å². The second-order valence-corrected chi connectivity index (χ2v) is 8.84. The van der Waals surface area contributed by atoms with Crippen LogP contribution in [0.3, 0.4) is 0 Å². The minimum Gasteiger partial charge on any atom is -0.307 e. The number of nitrogens with zero attached hydrogens (tertiary/aromatic N) is 3. The minimum atomic E-state index is -0.0959. The van der Waals surface area contributed by atoms with Crippen molar-refractivity contribution in [2.24, 2.45) is 0 Å². The summed E-state index contributed by atoms with van der Waals surface area (Å²) < 4.78 is 1.96. The molecule has 27 heavy (non-hydrogen) atoms. The molecule has 5 nitrogen and oxygen atoms in total. The van der Waals surface area contributed by atoms with Crippen molar-refractivity contribution in [2.45, 2.75) is 49.3 Å². The molecule has 0 bridgehead atoms. The Balaban J connectivity index is 1.37. The van der Waals surface area contributed by atoms with E-state index in [-0.39, 0.29) is 5.91 Å². The van der Waals surface area contributed by atoms with Crippen LogP contribution in [-0.2, 0) is 5.75 Å². The van der Waals surface area contributed by atoms with E-state index < -0.39 is 0 Å². The molecule has 1 aliphatic carbocycles. The molecule has 7 heteroatoms. The van der Waals surface area contributed by atoms with Crippen molar-refractivity contribution in [2.75, 3.05) is 5.32 Å². The number of carbonyl (C=O) groups is 1. The lowest BCUT2D eigenvalue weighted by Gasteiger charge is -2.14. The zero-order valence-electron chi connectivity index (χ0n) is 15.2. The number of amides is 1. The van der Waals surface area contributed by atoms with Crippen LogP contribution >= 0.6 is 23.1 Å². The highest BCUT2D eigenvalue weighted by atomic mass is 32.2. The van der Waals surface area contributed by atoms with Crippen LogP contribution in [0.4, 0.5) is 5.82 Å². The van der Waals surface area contributed by atoms with E-state index in [9.17, 15) is 4.79 Å².